The highest BCUT2D eigenvalue weighted by molar-refractivity contribution is 7.80. The number of nitrogens with two attached hydrogens (primary N) is 1. The topological polar surface area (TPSA) is 55.1 Å². The first-order chi connectivity index (χ1) is 9.77. The monoisotopic (exact) mass is 316 g/mol. The molecule has 2 rings (SSSR count). The molecule has 0 aromatic heterocycles. The Morgan fingerprint density at radius 2 is 1.81 bits per heavy atom. The zero-order valence-electron chi connectivity index (χ0n) is 11.2. The number of carbonyl (C=O) groups is 1. The number of carbonyl (C=O) groups excluding carboxylic acids is 1. The Kier molecular flexibility index (Phi) is 4.22. The van der Waals surface area contributed by atoms with Gasteiger partial charge in [-0.15, -0.1) is 0 Å². The van der Waals surface area contributed by atoms with E-state index in [4.69, 9.17) is 18.0 Å². The predicted octanol–water partition coefficient (Wildman–Crippen LogP) is 3.49. The number of alkyl halides is 3. The summed E-state index contributed by atoms with van der Waals surface area (Å²) in [5.41, 5.74) is 3.48. The molecule has 0 aliphatic heterocycles. The molecule has 1 aliphatic carbocycles. The van der Waals surface area contributed by atoms with Gasteiger partial charge in [-0.25, -0.2) is 0 Å². The van der Waals surface area contributed by atoms with Gasteiger partial charge in [-0.05, 0) is 25.0 Å². The average Bonchev–Trinajstić information content (AvgIpc) is 2.88. The summed E-state index contributed by atoms with van der Waals surface area (Å²) in [7, 11) is 0. The molecule has 0 saturated heterocycles. The van der Waals surface area contributed by atoms with E-state index in [1.54, 1.807) is 0 Å². The summed E-state index contributed by atoms with van der Waals surface area (Å²) in [6.45, 7) is 0. The van der Waals surface area contributed by atoms with E-state index in [0.29, 0.717) is 12.8 Å². The first-order valence-electron chi connectivity index (χ1n) is 6.55. The van der Waals surface area contributed by atoms with Gasteiger partial charge in [0, 0.05) is 0 Å². The van der Waals surface area contributed by atoms with Crippen LogP contribution in [0.15, 0.2) is 24.3 Å². The Hall–Kier alpha value is -1.63. The van der Waals surface area contributed by atoms with Crippen LogP contribution in [0.2, 0.25) is 0 Å². The second-order valence-corrected chi connectivity index (χ2v) is 5.59. The van der Waals surface area contributed by atoms with E-state index in [9.17, 15) is 18.0 Å². The van der Waals surface area contributed by atoms with E-state index in [2.05, 4.69) is 5.32 Å². The van der Waals surface area contributed by atoms with Crippen molar-refractivity contribution in [1.29, 1.82) is 0 Å². The Bertz CT molecular complexity index is 566. The Morgan fingerprint density at radius 3 is 2.33 bits per heavy atom. The summed E-state index contributed by atoms with van der Waals surface area (Å²) in [5.74, 6) is -0.552. The minimum atomic E-state index is -4.53. The van der Waals surface area contributed by atoms with Crippen LogP contribution >= 0.6 is 12.2 Å². The largest absolute Gasteiger partial charge is 0.418 e. The van der Waals surface area contributed by atoms with E-state index in [1.807, 2.05) is 0 Å². The molecule has 1 aliphatic rings. The molecular formula is C14H15F3N2OS. The molecule has 0 radical (unpaired) electrons. The molecule has 1 fully saturated rings. The zero-order valence-corrected chi connectivity index (χ0v) is 12.0. The smallest absolute Gasteiger partial charge is 0.392 e. The van der Waals surface area contributed by atoms with Gasteiger partial charge in [0.2, 0.25) is 5.91 Å². The van der Waals surface area contributed by atoms with Gasteiger partial charge in [0.15, 0.2) is 0 Å². The molecule has 3 nitrogen and oxygen atoms in total. The van der Waals surface area contributed by atoms with Crippen LogP contribution in [-0.4, -0.2) is 10.9 Å². The van der Waals surface area contributed by atoms with Gasteiger partial charge in [-0.1, -0.05) is 37.2 Å². The van der Waals surface area contributed by atoms with Gasteiger partial charge in [-0.3, -0.25) is 4.79 Å². The number of rotatable bonds is 3. The molecule has 1 amide bonds. The second-order valence-electron chi connectivity index (χ2n) is 5.15. The molecule has 0 unspecified atom stereocenters. The van der Waals surface area contributed by atoms with Crippen LogP contribution < -0.4 is 11.1 Å². The lowest BCUT2D eigenvalue weighted by atomic mass is 9.85. The van der Waals surface area contributed by atoms with E-state index >= 15 is 0 Å². The minimum absolute atomic E-state index is 0.0435. The maximum atomic E-state index is 12.9. The van der Waals surface area contributed by atoms with Crippen LogP contribution in [-0.2, 0) is 11.0 Å². The number of nitrogens with one attached hydrogen (secondary N) is 1. The van der Waals surface area contributed by atoms with Crippen molar-refractivity contribution in [2.24, 2.45) is 11.1 Å². The maximum Gasteiger partial charge on any atom is 0.418 e. The lowest BCUT2D eigenvalue weighted by Gasteiger charge is -2.27. The number of benzene rings is 1. The molecule has 0 atom stereocenters. The van der Waals surface area contributed by atoms with Crippen molar-refractivity contribution in [2.75, 3.05) is 5.32 Å². The van der Waals surface area contributed by atoms with Crippen LogP contribution in [0.3, 0.4) is 0 Å². The number of hydrogen-bond donors (Lipinski definition) is 2. The van der Waals surface area contributed by atoms with Crippen LogP contribution in [0.4, 0.5) is 18.9 Å². The van der Waals surface area contributed by atoms with Crippen molar-refractivity contribution in [2.45, 2.75) is 31.9 Å². The van der Waals surface area contributed by atoms with Crippen LogP contribution in [0.5, 0.6) is 0 Å². The van der Waals surface area contributed by atoms with Crippen molar-refractivity contribution in [3.8, 4) is 0 Å². The maximum absolute atomic E-state index is 12.9. The summed E-state index contributed by atoms with van der Waals surface area (Å²) in [6, 6.07) is 4.87. The van der Waals surface area contributed by atoms with Crippen LogP contribution in [0.25, 0.3) is 0 Å². The van der Waals surface area contributed by atoms with Crippen molar-refractivity contribution in [1.82, 2.24) is 0 Å². The molecular weight excluding hydrogens is 301 g/mol. The summed E-state index contributed by atoms with van der Waals surface area (Å²) in [5, 5.41) is 2.35. The van der Waals surface area contributed by atoms with Gasteiger partial charge in [0.1, 0.15) is 0 Å². The van der Waals surface area contributed by atoms with E-state index in [0.717, 1.165) is 18.9 Å². The number of anilines is 1. The predicted molar refractivity (Wildman–Crippen MR) is 77.8 cm³/mol. The summed E-state index contributed by atoms with van der Waals surface area (Å²) in [6.07, 6.45) is -2.02. The van der Waals surface area contributed by atoms with Gasteiger partial charge >= 0.3 is 6.18 Å². The summed E-state index contributed by atoms with van der Waals surface area (Å²) >= 11 is 4.96. The molecule has 1 saturated carbocycles. The Balaban J connectivity index is 2.30. The summed E-state index contributed by atoms with van der Waals surface area (Å²) in [4.78, 5) is 12.5. The Morgan fingerprint density at radius 1 is 1.24 bits per heavy atom. The quantitative estimate of drug-likeness (QED) is 0.839. The van der Waals surface area contributed by atoms with Crippen molar-refractivity contribution in [3.63, 3.8) is 0 Å². The highest BCUT2D eigenvalue weighted by atomic mass is 32.1. The highest BCUT2D eigenvalue weighted by Crippen LogP contribution is 2.41. The summed E-state index contributed by atoms with van der Waals surface area (Å²) < 4.78 is 38.8. The van der Waals surface area contributed by atoms with Crippen LogP contribution in [0.1, 0.15) is 31.2 Å². The second kappa shape index (κ2) is 5.63. The van der Waals surface area contributed by atoms with E-state index < -0.39 is 23.1 Å². The third-order valence-corrected chi connectivity index (χ3v) is 4.23. The normalized spacial score (nSPS) is 17.5. The molecule has 3 N–H and O–H groups in total. The van der Waals surface area contributed by atoms with Gasteiger partial charge < -0.3 is 11.1 Å². The first kappa shape index (κ1) is 15.8. The molecule has 0 heterocycles. The van der Waals surface area contributed by atoms with E-state index in [1.165, 1.54) is 18.2 Å². The van der Waals surface area contributed by atoms with E-state index in [-0.39, 0.29) is 10.7 Å². The third kappa shape index (κ3) is 3.02. The highest BCUT2D eigenvalue weighted by Gasteiger charge is 2.44. The van der Waals surface area contributed by atoms with Crippen molar-refractivity contribution >= 4 is 28.8 Å². The molecule has 114 valence electrons. The number of hydrogen-bond acceptors (Lipinski definition) is 2. The van der Waals surface area contributed by atoms with Crippen molar-refractivity contribution < 1.29 is 18.0 Å². The van der Waals surface area contributed by atoms with Gasteiger partial charge in [0.05, 0.1) is 21.7 Å². The van der Waals surface area contributed by atoms with Gasteiger partial charge in [0.25, 0.3) is 0 Å². The van der Waals surface area contributed by atoms with Crippen LogP contribution in [0, 0.1) is 5.41 Å². The zero-order chi connectivity index (χ0) is 15.7. The number of para-hydroxylation sites is 1. The van der Waals surface area contributed by atoms with Crippen molar-refractivity contribution in [3.05, 3.63) is 29.8 Å². The fraction of sp³-hybridized carbons (Fsp3) is 0.429. The molecule has 0 spiro atoms. The fourth-order valence-electron chi connectivity index (χ4n) is 2.65. The first-order valence-corrected chi connectivity index (χ1v) is 6.96. The van der Waals surface area contributed by atoms with Gasteiger partial charge in [-0.2, -0.15) is 13.2 Å². The molecule has 7 heteroatoms. The number of halogens is 3. The third-order valence-electron chi connectivity index (χ3n) is 3.84. The molecule has 1 aromatic carbocycles. The Labute approximate surface area is 125 Å². The molecule has 21 heavy (non-hydrogen) atoms. The minimum Gasteiger partial charge on any atom is -0.392 e. The standard InChI is InChI=1S/C14H15F3N2OS/c15-14(16,17)9-5-1-2-6-10(9)19-12(20)13(11(18)21)7-3-4-8-13/h1-2,5-6H,3-4,7-8H2,(H2,18,21)(H,19,20). The average molecular weight is 316 g/mol. The molecule has 1 aromatic rings. The number of amides is 1. The fourth-order valence-corrected chi connectivity index (χ4v) is 2.94. The molecule has 0 bridgehead atoms. The lowest BCUT2D eigenvalue weighted by Crippen LogP contribution is -2.44. The number of thiocarbonyl (C=S) groups is 1. The SMILES string of the molecule is NC(=S)C1(C(=O)Nc2ccccc2C(F)(F)F)CCCC1. The lowest BCUT2D eigenvalue weighted by molar-refractivity contribution is -0.137.